The molecule has 1 aromatic rings. The number of rotatable bonds is 2. The largest absolute Gasteiger partial charge is 0.573 e. The molecular weight excluding hydrogens is 275 g/mol. The van der Waals surface area contributed by atoms with Crippen LogP contribution in [0.15, 0.2) is 22.7 Å². The molecule has 0 aliphatic carbocycles. The molecule has 0 saturated carbocycles. The number of ether oxygens (including phenoxy) is 1. The molecule has 2 N–H and O–H groups in total. The Balaban J connectivity index is 2.99. The first-order valence-corrected chi connectivity index (χ1v) is 4.89. The van der Waals surface area contributed by atoms with Gasteiger partial charge in [0, 0.05) is 10.5 Å². The second kappa shape index (κ2) is 4.40. The Bertz CT molecular complexity index is 352. The van der Waals surface area contributed by atoms with E-state index < -0.39 is 6.36 Å². The zero-order chi connectivity index (χ0) is 11.6. The van der Waals surface area contributed by atoms with Crippen molar-refractivity contribution in [1.82, 2.24) is 0 Å². The Labute approximate surface area is 93.3 Å². The average molecular weight is 284 g/mol. The van der Waals surface area contributed by atoms with E-state index in [9.17, 15) is 13.2 Å². The minimum absolute atomic E-state index is 0.274. The average Bonchev–Trinajstić information content (AvgIpc) is 1.99. The van der Waals surface area contributed by atoms with Crippen LogP contribution in [0.1, 0.15) is 18.5 Å². The fourth-order valence-corrected chi connectivity index (χ4v) is 1.53. The van der Waals surface area contributed by atoms with E-state index in [0.717, 1.165) is 0 Å². The van der Waals surface area contributed by atoms with Crippen molar-refractivity contribution in [3.63, 3.8) is 0 Å². The Hall–Kier alpha value is -0.750. The molecule has 0 amide bonds. The van der Waals surface area contributed by atoms with Gasteiger partial charge in [-0.1, -0.05) is 15.9 Å². The predicted molar refractivity (Wildman–Crippen MR) is 53.4 cm³/mol. The quantitative estimate of drug-likeness (QED) is 0.903. The maximum absolute atomic E-state index is 11.9. The Morgan fingerprint density at radius 2 is 1.93 bits per heavy atom. The number of halogens is 4. The summed E-state index contributed by atoms with van der Waals surface area (Å²) in [6.45, 7) is 1.68. The van der Waals surface area contributed by atoms with E-state index in [1.54, 1.807) is 13.0 Å². The summed E-state index contributed by atoms with van der Waals surface area (Å²) >= 11 is 3.09. The molecule has 6 heteroatoms. The van der Waals surface area contributed by atoms with E-state index >= 15 is 0 Å². The van der Waals surface area contributed by atoms with Crippen LogP contribution in [0.25, 0.3) is 0 Å². The van der Waals surface area contributed by atoms with Crippen LogP contribution in [0.4, 0.5) is 13.2 Å². The summed E-state index contributed by atoms with van der Waals surface area (Å²) in [7, 11) is 0. The number of hydrogen-bond donors (Lipinski definition) is 1. The highest BCUT2D eigenvalue weighted by Gasteiger charge is 2.31. The SMILES string of the molecule is C[C@@H](N)c1cc(Br)cc(OC(F)(F)F)c1. The van der Waals surface area contributed by atoms with E-state index in [4.69, 9.17) is 5.73 Å². The number of nitrogens with two attached hydrogens (primary N) is 1. The van der Waals surface area contributed by atoms with Crippen molar-refractivity contribution in [2.45, 2.75) is 19.3 Å². The van der Waals surface area contributed by atoms with Crippen LogP contribution < -0.4 is 10.5 Å². The maximum atomic E-state index is 11.9. The molecule has 1 aromatic carbocycles. The number of benzene rings is 1. The molecule has 0 heterocycles. The number of alkyl halides is 3. The lowest BCUT2D eigenvalue weighted by atomic mass is 10.1. The predicted octanol–water partition coefficient (Wildman–Crippen LogP) is 3.37. The summed E-state index contributed by atoms with van der Waals surface area (Å²) < 4.78 is 40.1. The van der Waals surface area contributed by atoms with Crippen LogP contribution in [0.2, 0.25) is 0 Å². The first-order chi connectivity index (χ1) is 6.78. The third-order valence-electron chi connectivity index (χ3n) is 1.65. The molecule has 0 unspecified atom stereocenters. The lowest BCUT2D eigenvalue weighted by molar-refractivity contribution is -0.274. The second-order valence-corrected chi connectivity index (χ2v) is 3.97. The summed E-state index contributed by atoms with van der Waals surface area (Å²) in [5.74, 6) is -0.274. The lowest BCUT2D eigenvalue weighted by Crippen LogP contribution is -2.17. The summed E-state index contributed by atoms with van der Waals surface area (Å²) in [6, 6.07) is 3.80. The highest BCUT2D eigenvalue weighted by molar-refractivity contribution is 9.10. The topological polar surface area (TPSA) is 35.2 Å². The fraction of sp³-hybridized carbons (Fsp3) is 0.333. The van der Waals surface area contributed by atoms with E-state index in [0.29, 0.717) is 10.0 Å². The molecular formula is C9H9BrF3NO. The van der Waals surface area contributed by atoms with Gasteiger partial charge in [-0.3, -0.25) is 0 Å². The minimum Gasteiger partial charge on any atom is -0.406 e. The van der Waals surface area contributed by atoms with Gasteiger partial charge in [0.05, 0.1) is 0 Å². The van der Waals surface area contributed by atoms with Gasteiger partial charge in [-0.05, 0) is 30.7 Å². The van der Waals surface area contributed by atoms with E-state index in [2.05, 4.69) is 20.7 Å². The molecule has 1 rings (SSSR count). The van der Waals surface area contributed by atoms with Crippen LogP contribution in [0, 0.1) is 0 Å². The zero-order valence-electron chi connectivity index (χ0n) is 7.81. The van der Waals surface area contributed by atoms with Crippen LogP contribution in [0.5, 0.6) is 5.75 Å². The van der Waals surface area contributed by atoms with Gasteiger partial charge < -0.3 is 10.5 Å². The summed E-state index contributed by atoms with van der Waals surface area (Å²) in [4.78, 5) is 0. The van der Waals surface area contributed by atoms with Crippen LogP contribution in [-0.4, -0.2) is 6.36 Å². The first-order valence-electron chi connectivity index (χ1n) is 4.10. The van der Waals surface area contributed by atoms with Crippen LogP contribution >= 0.6 is 15.9 Å². The van der Waals surface area contributed by atoms with Gasteiger partial charge in [-0.2, -0.15) is 0 Å². The molecule has 0 aliphatic heterocycles. The van der Waals surface area contributed by atoms with Gasteiger partial charge >= 0.3 is 6.36 Å². The zero-order valence-corrected chi connectivity index (χ0v) is 9.39. The Morgan fingerprint density at radius 3 is 2.40 bits per heavy atom. The molecule has 0 aliphatic rings. The van der Waals surface area contributed by atoms with Crippen molar-refractivity contribution in [1.29, 1.82) is 0 Å². The van der Waals surface area contributed by atoms with E-state index in [1.807, 2.05) is 0 Å². The monoisotopic (exact) mass is 283 g/mol. The van der Waals surface area contributed by atoms with Crippen molar-refractivity contribution in [2.75, 3.05) is 0 Å². The highest BCUT2D eigenvalue weighted by Crippen LogP contribution is 2.28. The van der Waals surface area contributed by atoms with Crippen molar-refractivity contribution >= 4 is 15.9 Å². The molecule has 0 spiro atoms. The summed E-state index contributed by atoms with van der Waals surface area (Å²) in [6.07, 6.45) is -4.68. The van der Waals surface area contributed by atoms with E-state index in [-0.39, 0.29) is 11.8 Å². The lowest BCUT2D eigenvalue weighted by Gasteiger charge is -2.12. The highest BCUT2D eigenvalue weighted by atomic mass is 79.9. The second-order valence-electron chi connectivity index (χ2n) is 3.06. The van der Waals surface area contributed by atoms with Crippen LogP contribution in [-0.2, 0) is 0 Å². The van der Waals surface area contributed by atoms with Gasteiger partial charge in [0.2, 0.25) is 0 Å². The van der Waals surface area contributed by atoms with Gasteiger partial charge in [-0.15, -0.1) is 13.2 Å². The van der Waals surface area contributed by atoms with Crippen molar-refractivity contribution in [3.05, 3.63) is 28.2 Å². The van der Waals surface area contributed by atoms with Gasteiger partial charge in [-0.25, -0.2) is 0 Å². The molecule has 1 atom stereocenters. The summed E-state index contributed by atoms with van der Waals surface area (Å²) in [5, 5.41) is 0. The van der Waals surface area contributed by atoms with Gasteiger partial charge in [0.1, 0.15) is 5.75 Å². The molecule has 84 valence electrons. The molecule has 0 bridgehead atoms. The van der Waals surface area contributed by atoms with Crippen molar-refractivity contribution in [2.24, 2.45) is 5.73 Å². The molecule has 0 radical (unpaired) electrons. The third kappa shape index (κ3) is 4.09. The van der Waals surface area contributed by atoms with E-state index in [1.165, 1.54) is 12.1 Å². The maximum Gasteiger partial charge on any atom is 0.573 e. The normalized spacial score (nSPS) is 13.7. The van der Waals surface area contributed by atoms with Crippen molar-refractivity contribution in [3.8, 4) is 5.75 Å². The van der Waals surface area contributed by atoms with Gasteiger partial charge in [0.25, 0.3) is 0 Å². The van der Waals surface area contributed by atoms with Crippen molar-refractivity contribution < 1.29 is 17.9 Å². The van der Waals surface area contributed by atoms with Crippen LogP contribution in [0.3, 0.4) is 0 Å². The number of hydrogen-bond acceptors (Lipinski definition) is 2. The standard InChI is InChI=1S/C9H9BrF3NO/c1-5(14)6-2-7(10)4-8(3-6)15-9(11,12)13/h2-5H,14H2,1H3/t5-/m1/s1. The third-order valence-corrected chi connectivity index (χ3v) is 2.11. The summed E-state index contributed by atoms with van der Waals surface area (Å²) in [5.41, 5.74) is 6.13. The molecule has 0 fully saturated rings. The molecule has 15 heavy (non-hydrogen) atoms. The van der Waals surface area contributed by atoms with Gasteiger partial charge in [0.15, 0.2) is 0 Å². The Kier molecular flexibility index (Phi) is 3.62. The minimum atomic E-state index is -4.68. The smallest absolute Gasteiger partial charge is 0.406 e. The molecule has 2 nitrogen and oxygen atoms in total. The Morgan fingerprint density at radius 1 is 1.33 bits per heavy atom. The fourth-order valence-electron chi connectivity index (χ4n) is 1.04. The molecule has 0 saturated heterocycles. The first kappa shape index (κ1) is 12.3. The molecule has 0 aromatic heterocycles.